The first kappa shape index (κ1) is 25.6. The van der Waals surface area contributed by atoms with Crippen LogP contribution in [0.4, 0.5) is 0 Å². The molecule has 0 aromatic heterocycles. The van der Waals surface area contributed by atoms with Crippen molar-refractivity contribution in [2.45, 2.75) is 96.8 Å². The van der Waals surface area contributed by atoms with Crippen molar-refractivity contribution in [2.24, 2.45) is 23.5 Å². The molecule has 1 aliphatic rings. The van der Waals surface area contributed by atoms with Crippen LogP contribution in [0.2, 0.25) is 0 Å². The van der Waals surface area contributed by atoms with Gasteiger partial charge in [0, 0.05) is 19.0 Å². The minimum absolute atomic E-state index is 0. The number of aliphatic hydroxyl groups is 2. The molecular weight excluding hydrogens is 352 g/mol. The van der Waals surface area contributed by atoms with E-state index in [1.807, 2.05) is 27.7 Å². The number of nitrogens with two attached hydrogens (primary N) is 1. The summed E-state index contributed by atoms with van der Waals surface area (Å²) >= 11 is 0. The highest BCUT2D eigenvalue weighted by atomic mass is 35.5. The van der Waals surface area contributed by atoms with Gasteiger partial charge < -0.3 is 21.3 Å². The summed E-state index contributed by atoms with van der Waals surface area (Å²) in [5.41, 5.74) is 4.65. The normalized spacial score (nSPS) is 20.3. The van der Waals surface area contributed by atoms with Crippen LogP contribution in [0.15, 0.2) is 0 Å². The summed E-state index contributed by atoms with van der Waals surface area (Å²) in [6.45, 7) is 8.47. The molecule has 1 rings (SSSR count). The molecule has 0 aromatic rings. The van der Waals surface area contributed by atoms with E-state index >= 15 is 0 Å². The highest BCUT2D eigenvalue weighted by molar-refractivity contribution is 5.85. The van der Waals surface area contributed by atoms with Crippen molar-refractivity contribution in [3.8, 4) is 0 Å². The van der Waals surface area contributed by atoms with Crippen LogP contribution in [0.25, 0.3) is 0 Å². The summed E-state index contributed by atoms with van der Waals surface area (Å²) in [5.74, 6) is 0.632. The van der Waals surface area contributed by atoms with Crippen LogP contribution in [0.5, 0.6) is 0 Å². The van der Waals surface area contributed by atoms with Crippen molar-refractivity contribution >= 4 is 18.3 Å². The Balaban J connectivity index is 0.00000625. The summed E-state index contributed by atoms with van der Waals surface area (Å²) in [5, 5.41) is 24.3. The van der Waals surface area contributed by atoms with Gasteiger partial charge in [0.15, 0.2) is 0 Å². The van der Waals surface area contributed by atoms with Gasteiger partial charge in [-0.1, -0.05) is 59.8 Å². The van der Waals surface area contributed by atoms with Gasteiger partial charge >= 0.3 is 0 Å². The quantitative estimate of drug-likeness (QED) is 0.459. The number of hydrogen-bond donors (Lipinski definition) is 4. The molecule has 26 heavy (non-hydrogen) atoms. The van der Waals surface area contributed by atoms with E-state index in [1.54, 1.807) is 0 Å². The number of aliphatic hydroxyl groups excluding tert-OH is 1. The highest BCUT2D eigenvalue weighted by Gasteiger charge is 2.40. The average Bonchev–Trinajstić information content (AvgIpc) is 2.52. The molecule has 1 fully saturated rings. The second-order valence-electron chi connectivity index (χ2n) is 8.91. The van der Waals surface area contributed by atoms with Crippen molar-refractivity contribution in [3.63, 3.8) is 0 Å². The molecule has 0 bridgehead atoms. The molecule has 5 nitrogen and oxygen atoms in total. The Morgan fingerprint density at radius 1 is 1.12 bits per heavy atom. The zero-order valence-electron chi connectivity index (χ0n) is 17.0. The molecule has 0 saturated heterocycles. The molecule has 0 aliphatic heterocycles. The van der Waals surface area contributed by atoms with Gasteiger partial charge in [-0.2, -0.15) is 0 Å². The summed E-state index contributed by atoms with van der Waals surface area (Å²) in [7, 11) is 0. The van der Waals surface area contributed by atoms with Crippen LogP contribution in [0, 0.1) is 17.8 Å². The lowest BCUT2D eigenvalue weighted by molar-refractivity contribution is -0.145. The molecule has 0 aromatic carbocycles. The summed E-state index contributed by atoms with van der Waals surface area (Å²) < 4.78 is 0. The van der Waals surface area contributed by atoms with E-state index in [0.29, 0.717) is 24.8 Å². The van der Waals surface area contributed by atoms with Gasteiger partial charge in [-0.05, 0) is 30.6 Å². The third-order valence-corrected chi connectivity index (χ3v) is 5.21. The number of rotatable bonds is 10. The van der Waals surface area contributed by atoms with Crippen molar-refractivity contribution in [1.29, 1.82) is 0 Å². The molecule has 1 amide bonds. The number of carbonyl (C=O) groups excluding carboxylic acids is 1. The fourth-order valence-corrected chi connectivity index (χ4v) is 3.87. The first-order valence-corrected chi connectivity index (χ1v) is 10.1. The topological polar surface area (TPSA) is 95.6 Å². The zero-order chi connectivity index (χ0) is 19.0. The van der Waals surface area contributed by atoms with Gasteiger partial charge in [0.2, 0.25) is 0 Å². The van der Waals surface area contributed by atoms with E-state index in [0.717, 1.165) is 6.42 Å². The van der Waals surface area contributed by atoms with E-state index in [-0.39, 0.29) is 36.7 Å². The summed E-state index contributed by atoms with van der Waals surface area (Å²) in [6, 6.07) is -0.389. The fourth-order valence-electron chi connectivity index (χ4n) is 3.87. The lowest BCUT2D eigenvalue weighted by Crippen LogP contribution is -2.53. The van der Waals surface area contributed by atoms with Crippen LogP contribution in [-0.2, 0) is 4.79 Å². The molecule has 3 atom stereocenters. The average molecular weight is 393 g/mol. The van der Waals surface area contributed by atoms with Crippen molar-refractivity contribution in [3.05, 3.63) is 0 Å². The molecular formula is C20H41ClN2O3. The van der Waals surface area contributed by atoms with E-state index in [1.165, 1.54) is 32.1 Å². The number of hydrogen-bond acceptors (Lipinski definition) is 4. The third-order valence-electron chi connectivity index (χ3n) is 5.21. The molecule has 6 heteroatoms. The lowest BCUT2D eigenvalue weighted by atomic mass is 9.80. The largest absolute Gasteiger partial charge is 0.391 e. The molecule has 1 aliphatic carbocycles. The van der Waals surface area contributed by atoms with E-state index in [4.69, 9.17) is 5.73 Å². The first-order valence-electron chi connectivity index (χ1n) is 10.1. The Labute approximate surface area is 165 Å². The van der Waals surface area contributed by atoms with E-state index in [9.17, 15) is 15.0 Å². The standard InChI is InChI=1S/C20H40N2O3.ClH/c1-14(2)11-20(25,19(24)22-13-15(3)4)12-18(23)17(21)10-16-8-6-5-7-9-16;/h14-18,23,25H,5-13,21H2,1-4H3,(H,22,24);1H/t17-,18-,20-;/m0./s1. The van der Waals surface area contributed by atoms with Crippen molar-refractivity contribution in [1.82, 2.24) is 5.32 Å². The first-order chi connectivity index (χ1) is 11.6. The minimum Gasteiger partial charge on any atom is -0.391 e. The van der Waals surface area contributed by atoms with Gasteiger partial charge in [0.05, 0.1) is 6.10 Å². The Kier molecular flexibility index (Phi) is 12.0. The lowest BCUT2D eigenvalue weighted by Gasteiger charge is -2.34. The van der Waals surface area contributed by atoms with Crippen molar-refractivity contribution < 1.29 is 15.0 Å². The summed E-state index contributed by atoms with van der Waals surface area (Å²) in [4.78, 5) is 12.5. The Bertz CT molecular complexity index is 401. The monoisotopic (exact) mass is 392 g/mol. The predicted octanol–water partition coefficient (Wildman–Crippen LogP) is 3.01. The smallest absolute Gasteiger partial charge is 0.252 e. The Morgan fingerprint density at radius 3 is 2.19 bits per heavy atom. The predicted molar refractivity (Wildman–Crippen MR) is 109 cm³/mol. The Morgan fingerprint density at radius 2 is 1.69 bits per heavy atom. The Hall–Kier alpha value is -0.360. The number of nitrogens with one attached hydrogen (secondary N) is 1. The van der Waals surface area contributed by atoms with Crippen LogP contribution in [0.1, 0.15) is 79.1 Å². The van der Waals surface area contributed by atoms with Gasteiger partial charge in [-0.25, -0.2) is 0 Å². The van der Waals surface area contributed by atoms with Crippen LogP contribution >= 0.6 is 12.4 Å². The molecule has 0 radical (unpaired) electrons. The SMILES string of the molecule is CC(C)CNC(=O)[C@](O)(CC(C)C)C[C@H](O)[C@@H](N)CC1CCCCC1.Cl. The minimum atomic E-state index is -1.56. The molecule has 0 heterocycles. The van der Waals surface area contributed by atoms with Gasteiger partial charge in [0.1, 0.15) is 5.60 Å². The van der Waals surface area contributed by atoms with Gasteiger partial charge in [0.25, 0.3) is 5.91 Å². The maximum atomic E-state index is 12.5. The van der Waals surface area contributed by atoms with Gasteiger partial charge in [-0.15, -0.1) is 12.4 Å². The molecule has 5 N–H and O–H groups in total. The number of amides is 1. The highest BCUT2D eigenvalue weighted by Crippen LogP contribution is 2.30. The maximum Gasteiger partial charge on any atom is 0.252 e. The van der Waals surface area contributed by atoms with Crippen molar-refractivity contribution in [2.75, 3.05) is 6.54 Å². The summed E-state index contributed by atoms with van der Waals surface area (Å²) in [6.07, 6.45) is 6.34. The van der Waals surface area contributed by atoms with Crippen LogP contribution in [0.3, 0.4) is 0 Å². The third kappa shape index (κ3) is 9.03. The zero-order valence-corrected chi connectivity index (χ0v) is 17.9. The second-order valence-corrected chi connectivity index (χ2v) is 8.91. The van der Waals surface area contributed by atoms with Crippen LogP contribution < -0.4 is 11.1 Å². The maximum absolute atomic E-state index is 12.5. The molecule has 1 saturated carbocycles. The van der Waals surface area contributed by atoms with Crippen LogP contribution in [-0.4, -0.2) is 40.4 Å². The molecule has 0 unspecified atom stereocenters. The number of halogens is 1. The van der Waals surface area contributed by atoms with E-state index < -0.39 is 11.7 Å². The fraction of sp³-hybridized carbons (Fsp3) is 0.950. The number of carbonyl (C=O) groups is 1. The van der Waals surface area contributed by atoms with E-state index in [2.05, 4.69) is 5.32 Å². The molecule has 156 valence electrons. The molecule has 0 spiro atoms. The van der Waals surface area contributed by atoms with Gasteiger partial charge in [-0.3, -0.25) is 4.79 Å². The second kappa shape index (κ2) is 12.2.